The standard InChI is InChI=1S/C21H19N3O2S2/c1-13-10-15(3)19(11-14(13)2)28(25,26)24-17-7-4-6-16(12-17)20-23-18-8-5-9-22-21(18)27-20/h4-12,24H,1-3H3. The molecule has 0 spiro atoms. The Balaban J connectivity index is 1.69. The van der Waals surface area contributed by atoms with Gasteiger partial charge < -0.3 is 0 Å². The minimum atomic E-state index is -3.69. The molecule has 2 heterocycles. The average Bonchev–Trinajstić information content (AvgIpc) is 3.09. The van der Waals surface area contributed by atoms with Crippen LogP contribution in [0.1, 0.15) is 16.7 Å². The molecule has 142 valence electrons. The summed E-state index contributed by atoms with van der Waals surface area (Å²) in [5.74, 6) is 0. The summed E-state index contributed by atoms with van der Waals surface area (Å²) in [5.41, 5.74) is 4.93. The second kappa shape index (κ2) is 7.00. The Bertz CT molecular complexity index is 1260. The second-order valence-electron chi connectivity index (χ2n) is 6.73. The Hall–Kier alpha value is -2.77. The van der Waals surface area contributed by atoms with Gasteiger partial charge in [0.2, 0.25) is 0 Å². The predicted octanol–water partition coefficient (Wildman–Crippen LogP) is 5.08. The van der Waals surface area contributed by atoms with E-state index < -0.39 is 10.0 Å². The van der Waals surface area contributed by atoms with Crippen LogP contribution in [-0.2, 0) is 10.0 Å². The number of benzene rings is 2. The van der Waals surface area contributed by atoms with Gasteiger partial charge in [0, 0.05) is 17.4 Å². The molecule has 0 aliphatic rings. The summed E-state index contributed by atoms with van der Waals surface area (Å²) in [6, 6.07) is 14.6. The minimum absolute atomic E-state index is 0.296. The topological polar surface area (TPSA) is 72.0 Å². The highest BCUT2D eigenvalue weighted by atomic mass is 32.2. The molecule has 0 bridgehead atoms. The van der Waals surface area contributed by atoms with Crippen LogP contribution in [0.25, 0.3) is 20.9 Å². The highest BCUT2D eigenvalue weighted by Crippen LogP contribution is 2.31. The van der Waals surface area contributed by atoms with Gasteiger partial charge in [0.1, 0.15) is 15.4 Å². The van der Waals surface area contributed by atoms with Crippen molar-refractivity contribution in [3.05, 3.63) is 71.4 Å². The molecular formula is C21H19N3O2S2. The van der Waals surface area contributed by atoms with Crippen LogP contribution in [0.5, 0.6) is 0 Å². The van der Waals surface area contributed by atoms with Gasteiger partial charge in [0.25, 0.3) is 10.0 Å². The van der Waals surface area contributed by atoms with Gasteiger partial charge in [-0.25, -0.2) is 18.4 Å². The Kier molecular flexibility index (Phi) is 4.64. The van der Waals surface area contributed by atoms with Crippen molar-refractivity contribution in [2.45, 2.75) is 25.7 Å². The highest BCUT2D eigenvalue weighted by molar-refractivity contribution is 7.92. The molecule has 0 radical (unpaired) electrons. The summed E-state index contributed by atoms with van der Waals surface area (Å²) in [4.78, 5) is 10.1. The molecule has 0 saturated carbocycles. The van der Waals surface area contributed by atoms with Crippen molar-refractivity contribution in [2.24, 2.45) is 0 Å². The van der Waals surface area contributed by atoms with Crippen LogP contribution in [0.3, 0.4) is 0 Å². The Morgan fingerprint density at radius 2 is 1.71 bits per heavy atom. The molecule has 0 fully saturated rings. The number of aromatic nitrogens is 2. The molecule has 0 saturated heterocycles. The first-order valence-electron chi connectivity index (χ1n) is 8.76. The van der Waals surface area contributed by atoms with E-state index in [0.717, 1.165) is 37.6 Å². The molecule has 0 amide bonds. The van der Waals surface area contributed by atoms with Crippen LogP contribution in [0.15, 0.2) is 59.6 Å². The van der Waals surface area contributed by atoms with E-state index >= 15 is 0 Å². The minimum Gasteiger partial charge on any atom is -0.280 e. The average molecular weight is 410 g/mol. The molecule has 2 aromatic carbocycles. The third kappa shape index (κ3) is 3.50. The number of sulfonamides is 1. The molecular weight excluding hydrogens is 390 g/mol. The number of aryl methyl sites for hydroxylation is 3. The molecule has 0 atom stereocenters. The third-order valence-electron chi connectivity index (χ3n) is 4.61. The molecule has 1 N–H and O–H groups in total. The van der Waals surface area contributed by atoms with Crippen LogP contribution >= 0.6 is 11.3 Å². The molecule has 4 rings (SSSR count). The first kappa shape index (κ1) is 18.6. The van der Waals surface area contributed by atoms with Crippen molar-refractivity contribution in [3.63, 3.8) is 0 Å². The first-order valence-corrected chi connectivity index (χ1v) is 11.1. The van der Waals surface area contributed by atoms with E-state index in [2.05, 4.69) is 14.7 Å². The summed E-state index contributed by atoms with van der Waals surface area (Å²) in [6.45, 7) is 5.70. The van der Waals surface area contributed by atoms with Crippen molar-refractivity contribution in [3.8, 4) is 10.6 Å². The number of nitrogens with zero attached hydrogens (tertiary/aromatic N) is 2. The van der Waals surface area contributed by atoms with Crippen molar-refractivity contribution >= 4 is 37.4 Å². The fourth-order valence-corrected chi connectivity index (χ4v) is 5.31. The van der Waals surface area contributed by atoms with Crippen molar-refractivity contribution in [1.29, 1.82) is 0 Å². The number of hydrogen-bond donors (Lipinski definition) is 1. The predicted molar refractivity (Wildman–Crippen MR) is 114 cm³/mol. The normalized spacial score (nSPS) is 11.7. The fourth-order valence-electron chi connectivity index (χ4n) is 3.04. The zero-order valence-corrected chi connectivity index (χ0v) is 17.4. The molecule has 0 unspecified atom stereocenters. The lowest BCUT2D eigenvalue weighted by Crippen LogP contribution is -2.14. The maximum atomic E-state index is 12.9. The Morgan fingerprint density at radius 3 is 2.50 bits per heavy atom. The van der Waals surface area contributed by atoms with Gasteiger partial charge in [0.15, 0.2) is 0 Å². The van der Waals surface area contributed by atoms with Gasteiger partial charge in [-0.3, -0.25) is 4.72 Å². The summed E-state index contributed by atoms with van der Waals surface area (Å²) in [7, 11) is -3.69. The first-order chi connectivity index (χ1) is 13.3. The zero-order chi connectivity index (χ0) is 19.9. The van der Waals surface area contributed by atoms with Crippen molar-refractivity contribution in [2.75, 3.05) is 4.72 Å². The van der Waals surface area contributed by atoms with E-state index in [1.165, 1.54) is 11.3 Å². The van der Waals surface area contributed by atoms with Gasteiger partial charge in [-0.1, -0.05) is 29.5 Å². The summed E-state index contributed by atoms with van der Waals surface area (Å²) < 4.78 is 28.6. The maximum absolute atomic E-state index is 12.9. The molecule has 5 nitrogen and oxygen atoms in total. The fraction of sp³-hybridized carbons (Fsp3) is 0.143. The molecule has 0 aliphatic heterocycles. The maximum Gasteiger partial charge on any atom is 0.262 e. The summed E-state index contributed by atoms with van der Waals surface area (Å²) >= 11 is 1.48. The van der Waals surface area contributed by atoms with Gasteiger partial charge in [-0.15, -0.1) is 0 Å². The van der Waals surface area contributed by atoms with E-state index in [4.69, 9.17) is 0 Å². The van der Waals surface area contributed by atoms with Gasteiger partial charge in [-0.05, 0) is 67.8 Å². The quantitative estimate of drug-likeness (QED) is 0.510. The van der Waals surface area contributed by atoms with E-state index in [0.29, 0.717) is 10.6 Å². The van der Waals surface area contributed by atoms with Crippen molar-refractivity contribution in [1.82, 2.24) is 9.97 Å². The number of thiazole rings is 1. The number of hydrogen-bond acceptors (Lipinski definition) is 5. The molecule has 0 aliphatic carbocycles. The largest absolute Gasteiger partial charge is 0.280 e. The molecule has 2 aromatic heterocycles. The van der Waals surface area contributed by atoms with Crippen molar-refractivity contribution < 1.29 is 8.42 Å². The summed E-state index contributed by atoms with van der Waals surface area (Å²) in [6.07, 6.45) is 1.74. The number of anilines is 1. The van der Waals surface area contributed by atoms with Gasteiger partial charge in [0.05, 0.1) is 4.90 Å². The van der Waals surface area contributed by atoms with E-state index in [9.17, 15) is 8.42 Å². The number of nitrogens with one attached hydrogen (secondary N) is 1. The highest BCUT2D eigenvalue weighted by Gasteiger charge is 2.18. The molecule has 7 heteroatoms. The lowest BCUT2D eigenvalue weighted by molar-refractivity contribution is 0.600. The monoisotopic (exact) mass is 409 g/mol. The van der Waals surface area contributed by atoms with Crippen LogP contribution in [0.4, 0.5) is 5.69 Å². The SMILES string of the molecule is Cc1cc(C)c(S(=O)(=O)Nc2cccc(-c3nc4cccnc4s3)c2)cc1C. The summed E-state index contributed by atoms with van der Waals surface area (Å²) in [5, 5.41) is 0.803. The number of fused-ring (bicyclic) bond motifs is 1. The third-order valence-corrected chi connectivity index (χ3v) is 7.16. The lowest BCUT2D eigenvalue weighted by Gasteiger charge is -2.13. The van der Waals surface area contributed by atoms with Gasteiger partial charge >= 0.3 is 0 Å². The smallest absolute Gasteiger partial charge is 0.262 e. The second-order valence-corrected chi connectivity index (χ2v) is 9.36. The van der Waals surface area contributed by atoms with Crippen LogP contribution in [0.2, 0.25) is 0 Å². The van der Waals surface area contributed by atoms with E-state index in [1.807, 2.05) is 51.1 Å². The van der Waals surface area contributed by atoms with Crippen LogP contribution in [-0.4, -0.2) is 18.4 Å². The molecule has 28 heavy (non-hydrogen) atoms. The van der Waals surface area contributed by atoms with Crippen LogP contribution in [0, 0.1) is 20.8 Å². The van der Waals surface area contributed by atoms with E-state index in [1.54, 1.807) is 24.4 Å². The van der Waals surface area contributed by atoms with Crippen LogP contribution < -0.4 is 4.72 Å². The number of rotatable bonds is 4. The lowest BCUT2D eigenvalue weighted by atomic mass is 10.1. The zero-order valence-electron chi connectivity index (χ0n) is 15.7. The Morgan fingerprint density at radius 1 is 0.929 bits per heavy atom. The van der Waals surface area contributed by atoms with Gasteiger partial charge in [-0.2, -0.15) is 0 Å². The molecule has 4 aromatic rings. The van der Waals surface area contributed by atoms with E-state index in [-0.39, 0.29) is 0 Å². The Labute approximate surface area is 168 Å². The number of pyridine rings is 1.